The molecule has 2 aromatic rings. The Bertz CT molecular complexity index is 551. The largest absolute Gasteiger partial charge is 0.335 e. The third-order valence-corrected chi connectivity index (χ3v) is 1.97. The first-order chi connectivity index (χ1) is 7.69. The van der Waals surface area contributed by atoms with Crippen LogP contribution in [0.25, 0.3) is 0 Å². The molecule has 0 aliphatic carbocycles. The molecule has 1 N–H and O–H groups in total. The first-order valence-electron chi connectivity index (χ1n) is 4.68. The molecule has 0 aromatic carbocycles. The van der Waals surface area contributed by atoms with Crippen molar-refractivity contribution in [2.45, 2.75) is 6.92 Å². The van der Waals surface area contributed by atoms with E-state index in [1.165, 1.54) is 0 Å². The maximum Gasteiger partial charge on any atom is 0.183 e. The van der Waals surface area contributed by atoms with Crippen molar-refractivity contribution in [1.82, 2.24) is 19.7 Å². The van der Waals surface area contributed by atoms with Crippen molar-refractivity contribution in [3.8, 4) is 6.07 Å². The molecule has 2 rings (SSSR count). The number of nitriles is 1. The normalized spacial score (nSPS) is 9.81. The molecule has 2 aromatic heterocycles. The summed E-state index contributed by atoms with van der Waals surface area (Å²) in [6.45, 7) is 1.82. The van der Waals surface area contributed by atoms with Crippen molar-refractivity contribution in [1.29, 1.82) is 5.26 Å². The SMILES string of the molecule is Cc1cnc(C#N)c(Nc2cnn(C)c2)n1. The van der Waals surface area contributed by atoms with Gasteiger partial charge < -0.3 is 5.32 Å². The molecule has 0 bridgehead atoms. The van der Waals surface area contributed by atoms with Gasteiger partial charge in [0.05, 0.1) is 17.6 Å². The van der Waals surface area contributed by atoms with Crippen molar-refractivity contribution < 1.29 is 0 Å². The van der Waals surface area contributed by atoms with E-state index < -0.39 is 0 Å². The van der Waals surface area contributed by atoms with Crippen LogP contribution in [0.4, 0.5) is 11.5 Å². The summed E-state index contributed by atoms with van der Waals surface area (Å²) in [6, 6.07) is 1.99. The fraction of sp³-hybridized carbons (Fsp3) is 0.200. The Morgan fingerprint density at radius 1 is 1.44 bits per heavy atom. The van der Waals surface area contributed by atoms with E-state index in [0.29, 0.717) is 5.82 Å². The van der Waals surface area contributed by atoms with E-state index in [1.54, 1.807) is 23.3 Å². The van der Waals surface area contributed by atoms with E-state index in [4.69, 9.17) is 5.26 Å². The molecular formula is C10H10N6. The first-order valence-corrected chi connectivity index (χ1v) is 4.68. The standard InChI is InChI=1S/C10H10N6/c1-7-4-12-9(3-11)10(14-7)15-8-5-13-16(2)6-8/h4-6H,1-2H3,(H,14,15). The van der Waals surface area contributed by atoms with Crippen molar-refractivity contribution in [2.24, 2.45) is 7.05 Å². The Balaban J connectivity index is 2.34. The quantitative estimate of drug-likeness (QED) is 0.810. The van der Waals surface area contributed by atoms with Gasteiger partial charge in [0.1, 0.15) is 6.07 Å². The summed E-state index contributed by atoms with van der Waals surface area (Å²) < 4.78 is 1.66. The molecule has 0 saturated carbocycles. The zero-order valence-corrected chi connectivity index (χ0v) is 8.97. The Morgan fingerprint density at radius 2 is 2.25 bits per heavy atom. The molecule has 0 aliphatic heterocycles. The number of hydrogen-bond donors (Lipinski definition) is 1. The van der Waals surface area contributed by atoms with Gasteiger partial charge in [0.2, 0.25) is 0 Å². The van der Waals surface area contributed by atoms with Crippen molar-refractivity contribution in [2.75, 3.05) is 5.32 Å². The Kier molecular flexibility index (Phi) is 2.52. The summed E-state index contributed by atoms with van der Waals surface area (Å²) in [6.07, 6.45) is 5.02. The average molecular weight is 214 g/mol. The van der Waals surface area contributed by atoms with Gasteiger partial charge in [-0.1, -0.05) is 0 Å². The van der Waals surface area contributed by atoms with E-state index in [1.807, 2.05) is 20.0 Å². The van der Waals surface area contributed by atoms with Gasteiger partial charge in [0.15, 0.2) is 11.5 Å². The minimum Gasteiger partial charge on any atom is -0.335 e. The molecule has 6 nitrogen and oxygen atoms in total. The summed E-state index contributed by atoms with van der Waals surface area (Å²) in [7, 11) is 1.82. The average Bonchev–Trinajstić information content (AvgIpc) is 2.64. The van der Waals surface area contributed by atoms with Crippen LogP contribution in [0.5, 0.6) is 0 Å². The van der Waals surface area contributed by atoms with E-state index >= 15 is 0 Å². The Hall–Kier alpha value is -2.42. The molecule has 2 heterocycles. The minimum atomic E-state index is 0.273. The number of aryl methyl sites for hydroxylation is 2. The fourth-order valence-corrected chi connectivity index (χ4v) is 1.27. The molecule has 6 heteroatoms. The molecule has 16 heavy (non-hydrogen) atoms. The number of nitrogens with one attached hydrogen (secondary N) is 1. The summed E-state index contributed by atoms with van der Waals surface area (Å²) in [5.41, 5.74) is 1.80. The summed E-state index contributed by atoms with van der Waals surface area (Å²) >= 11 is 0. The molecule has 0 radical (unpaired) electrons. The topological polar surface area (TPSA) is 79.4 Å². The number of anilines is 2. The maximum absolute atomic E-state index is 8.88. The first kappa shape index (κ1) is 10.1. The summed E-state index contributed by atoms with van der Waals surface area (Å²) in [4.78, 5) is 8.20. The molecule has 0 aliphatic rings. The van der Waals surface area contributed by atoms with Gasteiger partial charge in [-0.2, -0.15) is 10.4 Å². The number of aromatic nitrogens is 4. The lowest BCUT2D eigenvalue weighted by atomic mass is 10.4. The van der Waals surface area contributed by atoms with Gasteiger partial charge in [0.25, 0.3) is 0 Å². The smallest absolute Gasteiger partial charge is 0.183 e. The van der Waals surface area contributed by atoms with Gasteiger partial charge in [-0.05, 0) is 6.92 Å². The minimum absolute atomic E-state index is 0.273. The van der Waals surface area contributed by atoms with E-state index in [2.05, 4.69) is 20.4 Å². The zero-order valence-electron chi connectivity index (χ0n) is 8.97. The molecule has 0 spiro atoms. The van der Waals surface area contributed by atoms with Crippen LogP contribution in [0.1, 0.15) is 11.4 Å². The molecular weight excluding hydrogens is 204 g/mol. The summed E-state index contributed by atoms with van der Waals surface area (Å²) in [5.74, 6) is 0.454. The van der Waals surface area contributed by atoms with E-state index in [-0.39, 0.29) is 5.69 Å². The Labute approximate surface area is 92.6 Å². The number of hydrogen-bond acceptors (Lipinski definition) is 5. The number of nitrogens with zero attached hydrogens (tertiary/aromatic N) is 5. The molecule has 0 unspecified atom stereocenters. The van der Waals surface area contributed by atoms with Crippen LogP contribution in [0.3, 0.4) is 0 Å². The number of rotatable bonds is 2. The lowest BCUT2D eigenvalue weighted by molar-refractivity contribution is 0.768. The van der Waals surface area contributed by atoms with E-state index in [0.717, 1.165) is 11.4 Å². The predicted octanol–water partition coefficient (Wildman–Crippen LogP) is 1.13. The second kappa shape index (κ2) is 3.98. The lowest BCUT2D eigenvalue weighted by Crippen LogP contribution is -2.00. The van der Waals surface area contributed by atoms with Crippen LogP contribution in [-0.2, 0) is 7.05 Å². The molecule has 0 saturated heterocycles. The summed E-state index contributed by atoms with van der Waals surface area (Å²) in [5, 5.41) is 15.9. The maximum atomic E-state index is 8.88. The van der Waals surface area contributed by atoms with Crippen molar-refractivity contribution in [3.05, 3.63) is 30.0 Å². The Morgan fingerprint density at radius 3 is 2.88 bits per heavy atom. The van der Waals surface area contributed by atoms with Crippen LogP contribution in [0, 0.1) is 18.3 Å². The highest BCUT2D eigenvalue weighted by atomic mass is 15.3. The third-order valence-electron chi connectivity index (χ3n) is 1.97. The second-order valence-electron chi connectivity index (χ2n) is 3.35. The monoisotopic (exact) mass is 214 g/mol. The highest BCUT2D eigenvalue weighted by molar-refractivity contribution is 5.59. The van der Waals surface area contributed by atoms with Gasteiger partial charge >= 0.3 is 0 Å². The van der Waals surface area contributed by atoms with Gasteiger partial charge in [-0.3, -0.25) is 4.68 Å². The molecule has 0 amide bonds. The van der Waals surface area contributed by atoms with Gasteiger partial charge in [0, 0.05) is 19.4 Å². The van der Waals surface area contributed by atoms with Crippen LogP contribution in [-0.4, -0.2) is 19.7 Å². The molecule has 80 valence electrons. The predicted molar refractivity (Wildman–Crippen MR) is 58.0 cm³/mol. The highest BCUT2D eigenvalue weighted by Crippen LogP contribution is 2.15. The zero-order chi connectivity index (χ0) is 11.5. The molecule has 0 atom stereocenters. The third kappa shape index (κ3) is 1.98. The lowest BCUT2D eigenvalue weighted by Gasteiger charge is -2.04. The van der Waals surface area contributed by atoms with E-state index in [9.17, 15) is 0 Å². The highest BCUT2D eigenvalue weighted by Gasteiger charge is 2.06. The van der Waals surface area contributed by atoms with Crippen LogP contribution >= 0.6 is 0 Å². The van der Waals surface area contributed by atoms with Crippen LogP contribution < -0.4 is 5.32 Å². The van der Waals surface area contributed by atoms with Gasteiger partial charge in [-0.25, -0.2) is 9.97 Å². The van der Waals surface area contributed by atoms with Crippen LogP contribution in [0.2, 0.25) is 0 Å². The second-order valence-corrected chi connectivity index (χ2v) is 3.35. The van der Waals surface area contributed by atoms with Gasteiger partial charge in [-0.15, -0.1) is 0 Å². The van der Waals surface area contributed by atoms with Crippen molar-refractivity contribution in [3.63, 3.8) is 0 Å². The fourth-order valence-electron chi connectivity index (χ4n) is 1.27. The van der Waals surface area contributed by atoms with Crippen molar-refractivity contribution >= 4 is 11.5 Å². The molecule has 0 fully saturated rings. The van der Waals surface area contributed by atoms with Crippen LogP contribution in [0.15, 0.2) is 18.6 Å².